The number of carbonyl (C=O) groups is 4. The minimum Gasteiger partial charge on any atom is -0.463 e. The molecule has 1 saturated heterocycles. The van der Waals surface area contributed by atoms with Crippen molar-refractivity contribution in [3.05, 3.63) is 64.7 Å². The summed E-state index contributed by atoms with van der Waals surface area (Å²) in [7, 11) is -6.48. The number of benzene rings is 2. The third-order valence-corrected chi connectivity index (χ3v) is 13.1. The second kappa shape index (κ2) is 16.7. The highest BCUT2D eigenvalue weighted by Crippen LogP contribution is 2.52. The number of alkyl halides is 3. The van der Waals surface area contributed by atoms with Crippen molar-refractivity contribution in [2.75, 3.05) is 19.7 Å². The molecule has 2 aromatic carbocycles. The van der Waals surface area contributed by atoms with Gasteiger partial charge in [-0.05, 0) is 49.9 Å². The molecule has 1 aliphatic carbocycles. The van der Waals surface area contributed by atoms with Crippen LogP contribution in [0.25, 0.3) is 0 Å². The number of hydrogen-bond acceptors (Lipinski definition) is 9. The van der Waals surface area contributed by atoms with Crippen molar-refractivity contribution >= 4 is 33.7 Å². The molecule has 57 heavy (non-hydrogen) atoms. The lowest BCUT2D eigenvalue weighted by Gasteiger charge is -2.49. The van der Waals surface area contributed by atoms with E-state index in [0.29, 0.717) is 24.2 Å². The molecule has 0 N–H and O–H groups in total. The molecule has 4 atom stereocenters. The fourth-order valence-corrected chi connectivity index (χ4v) is 9.24. The Labute approximate surface area is 326 Å². The zero-order chi connectivity index (χ0) is 43.1. The number of ketones is 1. The summed E-state index contributed by atoms with van der Waals surface area (Å²) in [4.78, 5) is 52.4. The van der Waals surface area contributed by atoms with Crippen LogP contribution in [0.15, 0.2) is 35.2 Å². The molecule has 4 unspecified atom stereocenters. The van der Waals surface area contributed by atoms with Gasteiger partial charge < -0.3 is 14.4 Å². The number of nitrogens with zero attached hydrogens (tertiary/aromatic N) is 1. The van der Waals surface area contributed by atoms with Gasteiger partial charge >= 0.3 is 28.2 Å². The van der Waals surface area contributed by atoms with Crippen LogP contribution < -0.4 is 0 Å². The Morgan fingerprint density at radius 2 is 1.49 bits per heavy atom. The number of halogens is 7. The van der Waals surface area contributed by atoms with Crippen molar-refractivity contribution in [1.82, 2.24) is 4.90 Å². The average Bonchev–Trinajstić information content (AvgIpc) is 3.59. The zero-order valence-corrected chi connectivity index (χ0v) is 33.3. The second-order valence-electron chi connectivity index (χ2n) is 15.8. The monoisotopic (exact) mass is 837 g/mol. The topological polar surface area (TPSA) is 133 Å². The Morgan fingerprint density at radius 3 is 1.98 bits per heavy atom. The zero-order valence-electron chi connectivity index (χ0n) is 32.5. The lowest BCUT2D eigenvalue weighted by molar-refractivity contribution is -0.178. The van der Waals surface area contributed by atoms with Crippen molar-refractivity contribution in [2.45, 2.75) is 103 Å². The van der Waals surface area contributed by atoms with Crippen molar-refractivity contribution in [3.63, 3.8) is 0 Å². The van der Waals surface area contributed by atoms with E-state index >= 15 is 17.6 Å². The molecular weight excluding hydrogens is 791 g/mol. The summed E-state index contributed by atoms with van der Waals surface area (Å²) in [5.41, 5.74) is -6.26. The van der Waals surface area contributed by atoms with Gasteiger partial charge in [-0.3, -0.25) is 19.2 Å². The Kier molecular flexibility index (Phi) is 13.3. The molecule has 0 aromatic heterocycles. The van der Waals surface area contributed by atoms with Gasteiger partial charge in [-0.1, -0.05) is 78.3 Å². The van der Waals surface area contributed by atoms with E-state index in [-0.39, 0.29) is 18.8 Å². The minimum absolute atomic E-state index is 0.153. The summed E-state index contributed by atoms with van der Waals surface area (Å²) in [6.45, 7) is 10.5. The van der Waals surface area contributed by atoms with Crippen molar-refractivity contribution in [2.24, 2.45) is 28.6 Å². The molecule has 1 saturated carbocycles. The number of hydrogen-bond donors (Lipinski definition) is 0. The summed E-state index contributed by atoms with van der Waals surface area (Å²) >= 11 is 0. The maximum atomic E-state index is 15.8. The quantitative estimate of drug-likeness (QED) is 0.0854. The molecule has 18 heteroatoms. The molecular formula is C39H46F7NO9S. The summed E-state index contributed by atoms with van der Waals surface area (Å²) < 4.78 is 146. The number of Topliss-reactive ketones (excluding diaryl/α,β-unsaturated/α-hetero) is 1. The first kappa shape index (κ1) is 45.6. The van der Waals surface area contributed by atoms with Crippen LogP contribution in [0.1, 0.15) is 101 Å². The van der Waals surface area contributed by atoms with Gasteiger partial charge in [-0.15, -0.1) is 0 Å². The van der Waals surface area contributed by atoms with E-state index in [2.05, 4.69) is 4.18 Å². The van der Waals surface area contributed by atoms with Gasteiger partial charge in [0.1, 0.15) is 17.8 Å². The van der Waals surface area contributed by atoms with Crippen LogP contribution in [-0.2, 0) is 33.4 Å². The molecule has 0 radical (unpaired) electrons. The van der Waals surface area contributed by atoms with Gasteiger partial charge in [0.25, 0.3) is 5.91 Å². The highest BCUT2D eigenvalue weighted by molar-refractivity contribution is 7.86. The van der Waals surface area contributed by atoms with E-state index in [1.54, 1.807) is 27.7 Å². The Hall–Kier alpha value is -4.06. The number of amides is 1. The molecule has 316 valence electrons. The fourth-order valence-electron chi connectivity index (χ4n) is 8.08. The van der Waals surface area contributed by atoms with E-state index in [1.165, 1.54) is 6.07 Å². The van der Waals surface area contributed by atoms with Crippen LogP contribution in [0.4, 0.5) is 30.7 Å². The van der Waals surface area contributed by atoms with Gasteiger partial charge in [-0.2, -0.15) is 21.6 Å². The first-order chi connectivity index (χ1) is 26.3. The van der Waals surface area contributed by atoms with Crippen LogP contribution in [0.2, 0.25) is 0 Å². The van der Waals surface area contributed by atoms with Crippen molar-refractivity contribution in [3.8, 4) is 0 Å². The Balaban J connectivity index is 1.81. The minimum atomic E-state index is -6.48. The predicted molar refractivity (Wildman–Crippen MR) is 189 cm³/mol. The SMILES string of the molecule is CCC1C(C)(C)C(C)C(=O)OC2(CCCC2)CN(C(=O)c2c(F)c(F)c(S(=O)(=O)OC(C(=O)c3ccccc3)C(F)(F)F)c(F)c2F)CCOC(=O)C1(C)C(C)C. The number of ether oxygens (including phenoxy) is 2. The molecule has 1 spiro atoms. The first-order valence-electron chi connectivity index (χ1n) is 18.4. The molecule has 1 amide bonds. The van der Waals surface area contributed by atoms with E-state index in [0.717, 1.165) is 24.3 Å². The van der Waals surface area contributed by atoms with Crippen LogP contribution in [0.3, 0.4) is 0 Å². The maximum absolute atomic E-state index is 15.8. The third-order valence-electron chi connectivity index (χ3n) is 11.8. The predicted octanol–water partition coefficient (Wildman–Crippen LogP) is 7.97. The average molecular weight is 838 g/mol. The molecule has 2 aliphatic rings. The van der Waals surface area contributed by atoms with Gasteiger partial charge in [0, 0.05) is 5.56 Å². The van der Waals surface area contributed by atoms with E-state index in [4.69, 9.17) is 9.47 Å². The lowest BCUT2D eigenvalue weighted by Crippen LogP contribution is -2.51. The normalized spacial score (nSPS) is 23.9. The van der Waals surface area contributed by atoms with E-state index < -0.39 is 133 Å². The van der Waals surface area contributed by atoms with Crippen LogP contribution in [0.5, 0.6) is 0 Å². The van der Waals surface area contributed by atoms with Crippen LogP contribution >= 0.6 is 0 Å². The highest BCUT2D eigenvalue weighted by Gasteiger charge is 2.55. The number of esters is 2. The highest BCUT2D eigenvalue weighted by atomic mass is 32.2. The molecule has 1 heterocycles. The van der Waals surface area contributed by atoms with Crippen molar-refractivity contribution in [1.29, 1.82) is 0 Å². The number of cyclic esters (lactones) is 1. The van der Waals surface area contributed by atoms with Crippen LogP contribution in [0, 0.1) is 51.9 Å². The largest absolute Gasteiger partial charge is 0.463 e. The van der Waals surface area contributed by atoms with Gasteiger partial charge in [0.05, 0.1) is 24.4 Å². The number of carbonyl (C=O) groups excluding carboxylic acids is 4. The van der Waals surface area contributed by atoms with E-state index in [9.17, 15) is 40.8 Å². The summed E-state index contributed by atoms with van der Waals surface area (Å²) in [5.74, 6) is -17.7. The number of rotatable bonds is 8. The van der Waals surface area contributed by atoms with Crippen LogP contribution in [-0.4, -0.2) is 74.5 Å². The Bertz CT molecular complexity index is 1950. The molecule has 2 aromatic rings. The molecule has 2 fully saturated rings. The summed E-state index contributed by atoms with van der Waals surface area (Å²) in [6.07, 6.45) is -7.99. The second-order valence-corrected chi connectivity index (χ2v) is 17.3. The smallest absolute Gasteiger partial charge is 0.423 e. The van der Waals surface area contributed by atoms with Gasteiger partial charge in [0.2, 0.25) is 11.9 Å². The summed E-state index contributed by atoms with van der Waals surface area (Å²) in [5, 5.41) is 0. The van der Waals surface area contributed by atoms with Crippen molar-refractivity contribution < 1.29 is 72.0 Å². The maximum Gasteiger partial charge on any atom is 0.423 e. The summed E-state index contributed by atoms with van der Waals surface area (Å²) in [6, 6.07) is 5.29. The molecule has 4 rings (SSSR count). The molecule has 0 bridgehead atoms. The Morgan fingerprint density at radius 1 is 0.947 bits per heavy atom. The van der Waals surface area contributed by atoms with E-state index in [1.807, 2.05) is 20.8 Å². The van der Waals surface area contributed by atoms with Gasteiger partial charge in [-0.25, -0.2) is 21.7 Å². The standard InChI is InChI=1S/C39H46F7NO9S/c1-8-24-36(5,6)22(4)34(50)55-38(16-12-13-17-38)20-47(18-19-54-35(51)37(24,7)21(2)3)33(49)25-26(40)28(42)31(29(43)27(25)41)57(52,53)56-32(39(44,45)46)30(48)23-14-10-9-11-15-23/h9-11,14-15,21-22,24,32H,8,12-13,16-20H2,1-7H3. The lowest BCUT2D eigenvalue weighted by atomic mass is 9.55. The fraction of sp³-hybridized carbons (Fsp3) is 0.590. The molecule has 1 aliphatic heterocycles. The first-order valence-corrected chi connectivity index (χ1v) is 19.8. The molecule has 10 nitrogen and oxygen atoms in total. The third kappa shape index (κ3) is 8.71. The van der Waals surface area contributed by atoms with Gasteiger partial charge in [0.15, 0.2) is 28.2 Å².